The molecule has 4 atom stereocenters. The molecule has 1 aromatic rings. The highest BCUT2D eigenvalue weighted by Gasteiger charge is 2.93. The van der Waals surface area contributed by atoms with Crippen molar-refractivity contribution in [2.75, 3.05) is 26.1 Å². The van der Waals surface area contributed by atoms with Gasteiger partial charge in [0.2, 0.25) is 5.06 Å². The summed E-state index contributed by atoms with van der Waals surface area (Å²) in [6.07, 6.45) is 0. The first-order valence-electron chi connectivity index (χ1n) is 8.34. The van der Waals surface area contributed by atoms with Crippen LogP contribution in [0.25, 0.3) is 0 Å². The van der Waals surface area contributed by atoms with Crippen LogP contribution in [0.5, 0.6) is 11.5 Å². The summed E-state index contributed by atoms with van der Waals surface area (Å²) in [5, 5.41) is 19.0. The van der Waals surface area contributed by atoms with Gasteiger partial charge in [0.25, 0.3) is 0 Å². The summed E-state index contributed by atoms with van der Waals surface area (Å²) in [6, 6.07) is 10.1. The number of amidine groups is 1. The second kappa shape index (κ2) is 5.54. The van der Waals surface area contributed by atoms with Crippen LogP contribution in [0.2, 0.25) is 0 Å². The van der Waals surface area contributed by atoms with Crippen molar-refractivity contribution in [3.63, 3.8) is 0 Å². The van der Waals surface area contributed by atoms with Crippen molar-refractivity contribution in [1.29, 1.82) is 10.5 Å². The Kier molecular flexibility index (Phi) is 3.62. The highest BCUT2D eigenvalue weighted by atomic mass is 32.2. The Balaban J connectivity index is 1.85. The zero-order valence-corrected chi connectivity index (χ0v) is 15.3. The summed E-state index contributed by atoms with van der Waals surface area (Å²) in [7, 11) is 1.56. The van der Waals surface area contributed by atoms with E-state index >= 15 is 0 Å². The van der Waals surface area contributed by atoms with Crippen molar-refractivity contribution in [3.8, 4) is 23.6 Å². The Morgan fingerprint density at radius 1 is 1.38 bits per heavy atom. The average Bonchev–Trinajstić information content (AvgIpc) is 2.90. The molecule has 1 saturated heterocycles. The van der Waals surface area contributed by atoms with Crippen molar-refractivity contribution < 1.29 is 14.2 Å². The van der Waals surface area contributed by atoms with Gasteiger partial charge in [-0.05, 0) is 24.6 Å². The first-order chi connectivity index (χ1) is 12.6. The van der Waals surface area contributed by atoms with Crippen molar-refractivity contribution in [3.05, 3.63) is 23.8 Å². The smallest absolute Gasteiger partial charge is 0.230 e. The monoisotopic (exact) mass is 370 g/mol. The molecule has 0 amide bonds. The largest absolute Gasteiger partial charge is 0.493 e. The van der Waals surface area contributed by atoms with E-state index < -0.39 is 21.8 Å². The molecule has 2 aliphatic heterocycles. The lowest BCUT2D eigenvalue weighted by atomic mass is 9.95. The van der Waals surface area contributed by atoms with Crippen LogP contribution in [0.15, 0.2) is 23.2 Å². The summed E-state index contributed by atoms with van der Waals surface area (Å²) in [5.41, 5.74) is 4.65. The summed E-state index contributed by atoms with van der Waals surface area (Å²) < 4.78 is 16.9. The molecule has 134 valence electrons. The van der Waals surface area contributed by atoms with E-state index in [2.05, 4.69) is 17.1 Å². The highest BCUT2D eigenvalue weighted by Crippen LogP contribution is 2.84. The van der Waals surface area contributed by atoms with Crippen LogP contribution in [0.4, 0.5) is 0 Å². The Bertz CT molecular complexity index is 883. The molecule has 2 fully saturated rings. The Hall–Kier alpha value is -2.42. The lowest BCUT2D eigenvalue weighted by Crippen LogP contribution is -2.34. The summed E-state index contributed by atoms with van der Waals surface area (Å²) in [6.45, 7) is 2.88. The lowest BCUT2D eigenvalue weighted by molar-refractivity contribution is 0.0200. The predicted octanol–water partition coefficient (Wildman–Crippen LogP) is 2.00. The number of thioether (sulfide) groups is 1. The third-order valence-corrected chi connectivity index (χ3v) is 6.72. The number of aliphatic imine (C=N–C) groups is 1. The Morgan fingerprint density at radius 2 is 2.19 bits per heavy atom. The van der Waals surface area contributed by atoms with Gasteiger partial charge in [0.05, 0.1) is 32.5 Å². The fourth-order valence-electron chi connectivity index (χ4n) is 4.36. The average molecular weight is 370 g/mol. The number of hydrogen-bond acceptors (Lipinski definition) is 8. The molecule has 2 N–H and O–H groups in total. The van der Waals surface area contributed by atoms with Gasteiger partial charge in [-0.3, -0.25) is 0 Å². The molecular formula is C18H18N4O3S. The molecule has 1 aromatic carbocycles. The first kappa shape index (κ1) is 17.0. The maximum absolute atomic E-state index is 10.1. The van der Waals surface area contributed by atoms with Gasteiger partial charge >= 0.3 is 0 Å². The molecule has 0 bridgehead atoms. The van der Waals surface area contributed by atoms with E-state index in [1.165, 1.54) is 11.8 Å². The lowest BCUT2D eigenvalue weighted by Gasteiger charge is -2.26. The molecule has 0 radical (unpaired) electrons. The Morgan fingerprint density at radius 3 is 2.77 bits per heavy atom. The summed E-state index contributed by atoms with van der Waals surface area (Å²) in [5.74, 6) is 1.62. The fraction of sp³-hybridized carbons (Fsp3) is 0.500. The van der Waals surface area contributed by atoms with E-state index in [0.29, 0.717) is 30.5 Å². The molecule has 1 spiro atoms. The van der Waals surface area contributed by atoms with Gasteiger partial charge < -0.3 is 19.9 Å². The predicted molar refractivity (Wildman–Crippen MR) is 95.8 cm³/mol. The van der Waals surface area contributed by atoms with E-state index in [1.54, 1.807) is 13.2 Å². The van der Waals surface area contributed by atoms with Crippen LogP contribution < -0.4 is 15.2 Å². The van der Waals surface area contributed by atoms with E-state index in [4.69, 9.17) is 19.9 Å². The van der Waals surface area contributed by atoms with Crippen molar-refractivity contribution in [2.24, 2.45) is 21.6 Å². The van der Waals surface area contributed by atoms with Crippen molar-refractivity contribution in [2.45, 2.75) is 17.9 Å². The number of nitrogens with two attached hydrogens (primary N) is 1. The number of methoxy groups -OCH3 is 1. The van der Waals surface area contributed by atoms with Gasteiger partial charge in [-0.2, -0.15) is 10.5 Å². The van der Waals surface area contributed by atoms with Gasteiger partial charge in [0, 0.05) is 11.7 Å². The van der Waals surface area contributed by atoms with E-state index in [9.17, 15) is 10.5 Å². The molecule has 26 heavy (non-hydrogen) atoms. The van der Waals surface area contributed by atoms with Gasteiger partial charge in [-0.25, -0.2) is 4.99 Å². The quantitative estimate of drug-likeness (QED) is 0.862. The van der Waals surface area contributed by atoms with E-state index in [-0.39, 0.29) is 5.84 Å². The van der Waals surface area contributed by atoms with Gasteiger partial charge in [-0.15, -0.1) is 0 Å². The molecule has 0 aromatic heterocycles. The normalized spacial score (nSPS) is 36.8. The third kappa shape index (κ3) is 1.69. The molecule has 2 heterocycles. The second-order valence-corrected chi connectivity index (χ2v) is 7.64. The molecule has 8 heteroatoms. The summed E-state index contributed by atoms with van der Waals surface area (Å²) in [4.78, 5) is 4.44. The minimum atomic E-state index is -1.18. The minimum absolute atomic E-state index is 0.175. The number of rotatable bonds is 4. The fourth-order valence-corrected chi connectivity index (χ4v) is 5.68. The van der Waals surface area contributed by atoms with E-state index in [0.717, 1.165) is 5.56 Å². The molecule has 1 saturated carbocycles. The first-order valence-corrected chi connectivity index (χ1v) is 9.32. The van der Waals surface area contributed by atoms with Crippen molar-refractivity contribution in [1.82, 2.24) is 0 Å². The van der Waals surface area contributed by atoms with Gasteiger partial charge in [-0.1, -0.05) is 17.8 Å². The number of nitriles is 2. The van der Waals surface area contributed by atoms with Crippen molar-refractivity contribution >= 4 is 17.6 Å². The van der Waals surface area contributed by atoms with Crippen LogP contribution in [0.1, 0.15) is 18.4 Å². The van der Waals surface area contributed by atoms with Crippen LogP contribution in [-0.2, 0) is 4.74 Å². The zero-order valence-electron chi connectivity index (χ0n) is 14.5. The molecule has 0 unspecified atom stereocenters. The molecule has 3 aliphatic rings. The molecule has 1 aliphatic carbocycles. The SMILES string of the molecule is CCOc1ccc([C@@H]2[C@@]3(C#N)[C@@]4(N=C(N)[C@@]23C#N)OCCS4)cc1OC. The zero-order chi connectivity index (χ0) is 18.6. The molecular weight excluding hydrogens is 352 g/mol. The Labute approximate surface area is 155 Å². The number of ether oxygens (including phenoxy) is 3. The third-order valence-electron chi connectivity index (χ3n) is 5.43. The van der Waals surface area contributed by atoms with Crippen LogP contribution in [0, 0.1) is 33.5 Å². The maximum Gasteiger partial charge on any atom is 0.230 e. The van der Waals surface area contributed by atoms with E-state index in [1.807, 2.05) is 19.1 Å². The number of hydrogen-bond donors (Lipinski definition) is 1. The van der Waals surface area contributed by atoms with Gasteiger partial charge in [0.15, 0.2) is 16.9 Å². The standard InChI is InChI=1S/C18H18N4O3S/c1-3-24-12-5-4-11(8-13(12)23-2)14-16(9-19)15(21)22-18(17(14,16)10-20)25-6-7-26-18/h4-5,8,14H,3,6-7H2,1-2H3,(H2,21,22)/t14-,16+,17+,18+/m0/s1. The second-order valence-electron chi connectivity index (χ2n) is 6.39. The molecule has 7 nitrogen and oxygen atoms in total. The maximum atomic E-state index is 10.1. The number of nitrogens with zero attached hydrogens (tertiary/aromatic N) is 3. The minimum Gasteiger partial charge on any atom is -0.493 e. The number of benzene rings is 1. The molecule has 4 rings (SSSR count). The van der Waals surface area contributed by atoms with Crippen LogP contribution >= 0.6 is 11.8 Å². The van der Waals surface area contributed by atoms with Crippen LogP contribution in [0.3, 0.4) is 0 Å². The highest BCUT2D eigenvalue weighted by molar-refractivity contribution is 8.00. The summed E-state index contributed by atoms with van der Waals surface area (Å²) >= 11 is 1.44. The van der Waals surface area contributed by atoms with Gasteiger partial charge in [0.1, 0.15) is 11.3 Å². The topological polar surface area (TPSA) is 114 Å². The number of fused-ring (bicyclic) bond motifs is 2. The van der Waals surface area contributed by atoms with Crippen LogP contribution in [-0.4, -0.2) is 37.0 Å².